The predicted octanol–water partition coefficient (Wildman–Crippen LogP) is 0.457. The SMILES string of the molecule is CNC(C(=O)O)C(=O)N(C)Cc1cccc(F)c1. The van der Waals surface area contributed by atoms with Gasteiger partial charge in [-0.15, -0.1) is 0 Å². The van der Waals surface area contributed by atoms with Gasteiger partial charge in [0.1, 0.15) is 5.82 Å². The standard InChI is InChI=1S/C12H15FN2O3/c1-14-10(12(17)18)11(16)15(2)7-8-4-3-5-9(13)6-8/h3-6,10,14H,7H2,1-2H3,(H,17,18). The molecule has 0 aliphatic carbocycles. The third kappa shape index (κ3) is 3.53. The first-order valence-electron chi connectivity index (χ1n) is 5.35. The van der Waals surface area contributed by atoms with Crippen molar-refractivity contribution in [2.75, 3.05) is 14.1 Å². The first-order valence-corrected chi connectivity index (χ1v) is 5.35. The summed E-state index contributed by atoms with van der Waals surface area (Å²) in [5.74, 6) is -2.21. The number of benzene rings is 1. The van der Waals surface area contributed by atoms with Crippen LogP contribution in [0.25, 0.3) is 0 Å². The highest BCUT2D eigenvalue weighted by atomic mass is 19.1. The Morgan fingerprint density at radius 1 is 1.50 bits per heavy atom. The Balaban J connectivity index is 2.73. The van der Waals surface area contributed by atoms with Crippen molar-refractivity contribution in [3.05, 3.63) is 35.6 Å². The molecule has 0 fully saturated rings. The molecule has 0 aromatic heterocycles. The molecule has 0 aliphatic rings. The first kappa shape index (κ1) is 14.1. The van der Waals surface area contributed by atoms with E-state index in [4.69, 9.17) is 5.11 Å². The van der Waals surface area contributed by atoms with E-state index in [2.05, 4.69) is 5.32 Å². The van der Waals surface area contributed by atoms with Crippen LogP contribution in [-0.2, 0) is 16.1 Å². The van der Waals surface area contributed by atoms with Crippen LogP contribution in [0.15, 0.2) is 24.3 Å². The summed E-state index contributed by atoms with van der Waals surface area (Å²) >= 11 is 0. The number of likely N-dealkylation sites (N-methyl/N-ethyl adjacent to an activating group) is 2. The van der Waals surface area contributed by atoms with E-state index < -0.39 is 23.7 Å². The van der Waals surface area contributed by atoms with Crippen molar-refractivity contribution in [2.24, 2.45) is 0 Å². The van der Waals surface area contributed by atoms with Gasteiger partial charge in [0.2, 0.25) is 0 Å². The van der Waals surface area contributed by atoms with Gasteiger partial charge >= 0.3 is 5.97 Å². The van der Waals surface area contributed by atoms with Crippen LogP contribution in [0, 0.1) is 5.82 Å². The molecule has 0 spiro atoms. The molecular formula is C12H15FN2O3. The molecule has 1 aromatic rings. The van der Waals surface area contributed by atoms with Crippen molar-refractivity contribution >= 4 is 11.9 Å². The van der Waals surface area contributed by atoms with Crippen molar-refractivity contribution in [2.45, 2.75) is 12.6 Å². The third-order valence-corrected chi connectivity index (χ3v) is 2.47. The number of nitrogens with zero attached hydrogens (tertiary/aromatic N) is 1. The number of hydrogen-bond acceptors (Lipinski definition) is 3. The van der Waals surface area contributed by atoms with Crippen LogP contribution in [-0.4, -0.2) is 42.0 Å². The molecule has 2 N–H and O–H groups in total. The smallest absolute Gasteiger partial charge is 0.330 e. The zero-order valence-corrected chi connectivity index (χ0v) is 10.2. The summed E-state index contributed by atoms with van der Waals surface area (Å²) in [6, 6.07) is 4.53. The van der Waals surface area contributed by atoms with Crippen molar-refractivity contribution in [3.8, 4) is 0 Å². The number of amides is 1. The number of carbonyl (C=O) groups excluding carboxylic acids is 1. The molecule has 0 saturated heterocycles. The van der Waals surface area contributed by atoms with Gasteiger partial charge in [0.25, 0.3) is 5.91 Å². The Hall–Kier alpha value is -1.95. The van der Waals surface area contributed by atoms with E-state index in [1.165, 1.54) is 37.2 Å². The first-order chi connectivity index (χ1) is 8.45. The lowest BCUT2D eigenvalue weighted by Gasteiger charge is -2.21. The molecular weight excluding hydrogens is 239 g/mol. The molecule has 6 heteroatoms. The zero-order valence-electron chi connectivity index (χ0n) is 10.2. The van der Waals surface area contributed by atoms with Crippen LogP contribution in [0.1, 0.15) is 5.56 Å². The van der Waals surface area contributed by atoms with Gasteiger partial charge in [-0.1, -0.05) is 12.1 Å². The highest BCUT2D eigenvalue weighted by Crippen LogP contribution is 2.07. The lowest BCUT2D eigenvalue weighted by Crippen LogP contribution is -2.48. The van der Waals surface area contributed by atoms with Gasteiger partial charge in [-0.25, -0.2) is 9.18 Å². The quantitative estimate of drug-likeness (QED) is 0.749. The fraction of sp³-hybridized carbons (Fsp3) is 0.333. The van der Waals surface area contributed by atoms with E-state index in [9.17, 15) is 14.0 Å². The van der Waals surface area contributed by atoms with E-state index >= 15 is 0 Å². The van der Waals surface area contributed by atoms with Crippen LogP contribution >= 0.6 is 0 Å². The maximum absolute atomic E-state index is 13.0. The van der Waals surface area contributed by atoms with E-state index in [0.717, 1.165) is 0 Å². The van der Waals surface area contributed by atoms with Gasteiger partial charge in [0.05, 0.1) is 0 Å². The lowest BCUT2D eigenvalue weighted by molar-refractivity contribution is -0.147. The van der Waals surface area contributed by atoms with Gasteiger partial charge in [-0.2, -0.15) is 0 Å². The molecule has 0 heterocycles. The molecule has 1 aromatic carbocycles. The van der Waals surface area contributed by atoms with Crippen LogP contribution in [0.5, 0.6) is 0 Å². The Kier molecular flexibility index (Phi) is 4.79. The summed E-state index contributed by atoms with van der Waals surface area (Å²) in [7, 11) is 2.87. The van der Waals surface area contributed by atoms with Crippen molar-refractivity contribution in [1.82, 2.24) is 10.2 Å². The number of carboxylic acids is 1. The van der Waals surface area contributed by atoms with Gasteiger partial charge in [-0.3, -0.25) is 10.1 Å². The summed E-state index contributed by atoms with van der Waals surface area (Å²) in [5.41, 5.74) is 0.603. The summed E-state index contributed by atoms with van der Waals surface area (Å²) in [6.45, 7) is 0.155. The minimum atomic E-state index is -1.29. The van der Waals surface area contributed by atoms with E-state index in [1.54, 1.807) is 6.07 Å². The Morgan fingerprint density at radius 2 is 2.17 bits per heavy atom. The van der Waals surface area contributed by atoms with Crippen LogP contribution < -0.4 is 5.32 Å². The lowest BCUT2D eigenvalue weighted by atomic mass is 10.2. The second-order valence-corrected chi connectivity index (χ2v) is 3.88. The number of carboxylic acid groups (broad SMARTS) is 1. The number of carbonyl (C=O) groups is 2. The maximum Gasteiger partial charge on any atom is 0.330 e. The molecule has 0 saturated carbocycles. The fourth-order valence-corrected chi connectivity index (χ4v) is 1.56. The number of rotatable bonds is 5. The zero-order chi connectivity index (χ0) is 13.7. The predicted molar refractivity (Wildman–Crippen MR) is 63.4 cm³/mol. The average Bonchev–Trinajstić information content (AvgIpc) is 2.29. The summed E-state index contributed by atoms with van der Waals surface area (Å²) in [6.07, 6.45) is 0. The van der Waals surface area contributed by atoms with E-state index in [1.807, 2.05) is 0 Å². The Labute approximate surface area is 104 Å². The number of halogens is 1. The monoisotopic (exact) mass is 254 g/mol. The van der Waals surface area contributed by atoms with E-state index in [0.29, 0.717) is 5.56 Å². The summed E-state index contributed by atoms with van der Waals surface area (Å²) in [5, 5.41) is 11.2. The van der Waals surface area contributed by atoms with Gasteiger partial charge in [0.15, 0.2) is 6.04 Å². The summed E-state index contributed by atoms with van der Waals surface area (Å²) < 4.78 is 13.0. The molecule has 0 bridgehead atoms. The van der Waals surface area contributed by atoms with Crippen molar-refractivity contribution in [3.63, 3.8) is 0 Å². The molecule has 1 amide bonds. The molecule has 5 nitrogen and oxygen atoms in total. The van der Waals surface area contributed by atoms with Crippen LogP contribution in [0.2, 0.25) is 0 Å². The highest BCUT2D eigenvalue weighted by Gasteiger charge is 2.27. The molecule has 1 atom stereocenters. The third-order valence-electron chi connectivity index (χ3n) is 2.47. The Morgan fingerprint density at radius 3 is 2.67 bits per heavy atom. The second-order valence-electron chi connectivity index (χ2n) is 3.88. The minimum Gasteiger partial charge on any atom is -0.480 e. The molecule has 0 radical (unpaired) electrons. The number of nitrogens with one attached hydrogen (secondary N) is 1. The molecule has 98 valence electrons. The largest absolute Gasteiger partial charge is 0.480 e. The molecule has 1 unspecified atom stereocenters. The normalized spacial score (nSPS) is 11.9. The van der Waals surface area contributed by atoms with E-state index in [-0.39, 0.29) is 6.54 Å². The Bertz CT molecular complexity index is 451. The van der Waals surface area contributed by atoms with Crippen molar-refractivity contribution < 1.29 is 19.1 Å². The number of hydrogen-bond donors (Lipinski definition) is 2. The van der Waals surface area contributed by atoms with Crippen molar-refractivity contribution in [1.29, 1.82) is 0 Å². The molecule has 0 aliphatic heterocycles. The fourth-order valence-electron chi connectivity index (χ4n) is 1.56. The average molecular weight is 254 g/mol. The van der Waals surface area contributed by atoms with Gasteiger partial charge in [-0.05, 0) is 24.7 Å². The van der Waals surface area contributed by atoms with Gasteiger partial charge < -0.3 is 10.0 Å². The highest BCUT2D eigenvalue weighted by molar-refractivity contribution is 6.00. The topological polar surface area (TPSA) is 69.6 Å². The van der Waals surface area contributed by atoms with Crippen LogP contribution in [0.4, 0.5) is 4.39 Å². The van der Waals surface area contributed by atoms with Crippen LogP contribution in [0.3, 0.4) is 0 Å². The minimum absolute atomic E-state index is 0.155. The molecule has 1 rings (SSSR count). The van der Waals surface area contributed by atoms with Gasteiger partial charge in [0, 0.05) is 13.6 Å². The molecule has 18 heavy (non-hydrogen) atoms. The number of aliphatic carboxylic acids is 1. The second kappa shape index (κ2) is 6.11. The summed E-state index contributed by atoms with van der Waals surface area (Å²) in [4.78, 5) is 23.8. The maximum atomic E-state index is 13.0.